The van der Waals surface area contributed by atoms with Crippen molar-refractivity contribution in [3.63, 3.8) is 0 Å². The Kier molecular flexibility index (Phi) is 8.32. The topological polar surface area (TPSA) is 113 Å². The van der Waals surface area contributed by atoms with E-state index in [0.29, 0.717) is 0 Å². The summed E-state index contributed by atoms with van der Waals surface area (Å²) in [7, 11) is -3.27. The fourth-order valence-electron chi connectivity index (χ4n) is 3.01. The maximum atomic E-state index is 8.49. The monoisotopic (exact) mass is 464 g/mol. The summed E-state index contributed by atoms with van der Waals surface area (Å²) in [5.41, 5.74) is 4.31. The normalized spacial score (nSPS) is 11.1. The minimum absolute atomic E-state index is 0.844. The van der Waals surface area contributed by atoms with E-state index in [1.165, 1.54) is 0 Å². The molecule has 4 rings (SSSR count). The SMILES string of the molecule is COc1ccc(C=Cc2cc(-c3ccccc3)[o+]c(-c3ccccc3)c2)cc1.[O-][Cl+3]([O-])([O-])[O-]. The summed E-state index contributed by atoms with van der Waals surface area (Å²) in [6.07, 6.45) is 4.20. The molecule has 6 nitrogen and oxygen atoms in total. The molecular formula is C26H21ClO6. The van der Waals surface area contributed by atoms with Gasteiger partial charge in [0.2, 0.25) is 0 Å². The molecule has 0 amide bonds. The summed E-state index contributed by atoms with van der Waals surface area (Å²) in [6, 6.07) is 32.5. The number of methoxy groups -OCH3 is 1. The van der Waals surface area contributed by atoms with E-state index < -0.39 is 10.2 Å². The summed E-state index contributed by atoms with van der Waals surface area (Å²) in [5.74, 6) is 2.54. The molecule has 0 aliphatic carbocycles. The lowest BCUT2D eigenvalue weighted by atomic mass is 10.1. The molecule has 1 heterocycles. The summed E-state index contributed by atoms with van der Waals surface area (Å²) in [4.78, 5) is 0. The van der Waals surface area contributed by atoms with Crippen molar-refractivity contribution in [2.24, 2.45) is 0 Å². The molecule has 0 unspecified atom stereocenters. The Bertz CT molecular complexity index is 1110. The van der Waals surface area contributed by atoms with Crippen LogP contribution in [0.4, 0.5) is 0 Å². The summed E-state index contributed by atoms with van der Waals surface area (Å²) in [6.45, 7) is 0. The highest BCUT2D eigenvalue weighted by Gasteiger charge is 2.18. The zero-order valence-electron chi connectivity index (χ0n) is 17.7. The summed E-state index contributed by atoms with van der Waals surface area (Å²) < 4.78 is 45.4. The first kappa shape index (κ1) is 24.1. The van der Waals surface area contributed by atoms with Gasteiger partial charge in [0.05, 0.1) is 30.4 Å². The highest BCUT2D eigenvalue weighted by atomic mass is 35.7. The average molecular weight is 465 g/mol. The first-order valence-electron chi connectivity index (χ1n) is 9.85. The molecule has 0 saturated carbocycles. The van der Waals surface area contributed by atoms with Crippen molar-refractivity contribution < 1.29 is 38.0 Å². The van der Waals surface area contributed by atoms with Crippen molar-refractivity contribution in [2.75, 3.05) is 7.11 Å². The Hall–Kier alpha value is -3.52. The van der Waals surface area contributed by atoms with E-state index in [2.05, 4.69) is 48.6 Å². The zero-order valence-corrected chi connectivity index (χ0v) is 18.5. The van der Waals surface area contributed by atoms with Gasteiger partial charge in [-0.3, -0.25) is 0 Å². The molecule has 0 N–H and O–H groups in total. The van der Waals surface area contributed by atoms with Gasteiger partial charge < -0.3 is 4.74 Å². The quantitative estimate of drug-likeness (QED) is 0.419. The van der Waals surface area contributed by atoms with Crippen LogP contribution in [0.15, 0.2) is 101 Å². The van der Waals surface area contributed by atoms with Crippen LogP contribution in [0.3, 0.4) is 0 Å². The van der Waals surface area contributed by atoms with Crippen molar-refractivity contribution in [3.8, 4) is 28.4 Å². The van der Waals surface area contributed by atoms with E-state index in [4.69, 9.17) is 27.8 Å². The number of benzene rings is 3. The molecule has 1 aromatic heterocycles. The molecule has 0 aliphatic heterocycles. The van der Waals surface area contributed by atoms with Crippen molar-refractivity contribution in [3.05, 3.63) is 108 Å². The molecule has 0 atom stereocenters. The van der Waals surface area contributed by atoms with Crippen LogP contribution in [0.2, 0.25) is 0 Å². The number of hydrogen-bond donors (Lipinski definition) is 0. The van der Waals surface area contributed by atoms with E-state index in [1.54, 1.807) is 7.11 Å². The van der Waals surface area contributed by atoms with Crippen LogP contribution in [0.5, 0.6) is 5.75 Å². The zero-order chi connectivity index (χ0) is 23.7. The Labute approximate surface area is 194 Å². The predicted octanol–water partition coefficient (Wildman–Crippen LogP) is 2.32. The fourth-order valence-corrected chi connectivity index (χ4v) is 3.01. The molecule has 0 aliphatic rings. The fraction of sp³-hybridized carbons (Fsp3) is 0.0385. The van der Waals surface area contributed by atoms with Crippen molar-refractivity contribution in [2.45, 2.75) is 0 Å². The molecule has 0 bridgehead atoms. The first-order valence-corrected chi connectivity index (χ1v) is 11.1. The Balaban J connectivity index is 0.000000555. The van der Waals surface area contributed by atoms with Gasteiger partial charge in [-0.15, -0.1) is 10.2 Å². The van der Waals surface area contributed by atoms with Crippen LogP contribution in [0.25, 0.3) is 34.8 Å². The number of rotatable bonds is 5. The molecule has 4 aromatic rings. The Morgan fingerprint density at radius 3 is 1.48 bits per heavy atom. The van der Waals surface area contributed by atoms with Crippen LogP contribution >= 0.6 is 0 Å². The minimum Gasteiger partial charge on any atom is -0.497 e. The predicted molar refractivity (Wildman–Crippen MR) is 116 cm³/mol. The maximum Gasteiger partial charge on any atom is 0.361 e. The third kappa shape index (κ3) is 8.16. The van der Waals surface area contributed by atoms with Gasteiger partial charge in [-0.2, -0.15) is 0 Å². The lowest BCUT2D eigenvalue weighted by Crippen LogP contribution is -2.68. The molecule has 0 radical (unpaired) electrons. The van der Waals surface area contributed by atoms with Gasteiger partial charge in [0.15, 0.2) is 0 Å². The van der Waals surface area contributed by atoms with Gasteiger partial charge in [-0.25, -0.2) is 23.1 Å². The van der Waals surface area contributed by atoms with E-state index in [9.17, 15) is 0 Å². The first-order chi connectivity index (χ1) is 15.8. The molecule has 33 heavy (non-hydrogen) atoms. The third-order valence-corrected chi connectivity index (χ3v) is 4.52. The largest absolute Gasteiger partial charge is 0.497 e. The number of halogens is 1. The highest BCUT2D eigenvalue weighted by Crippen LogP contribution is 2.29. The van der Waals surface area contributed by atoms with E-state index in [1.807, 2.05) is 60.7 Å². The van der Waals surface area contributed by atoms with Crippen LogP contribution in [0.1, 0.15) is 11.1 Å². The maximum absolute atomic E-state index is 8.49. The van der Waals surface area contributed by atoms with Crippen LogP contribution < -0.4 is 23.4 Å². The van der Waals surface area contributed by atoms with Crippen molar-refractivity contribution in [1.29, 1.82) is 0 Å². The van der Waals surface area contributed by atoms with Gasteiger partial charge in [0.25, 0.3) is 0 Å². The molecule has 0 saturated heterocycles. The molecule has 7 heteroatoms. The molecule has 0 fully saturated rings. The second-order valence-electron chi connectivity index (χ2n) is 6.84. The van der Waals surface area contributed by atoms with Crippen LogP contribution in [0, 0.1) is 10.2 Å². The lowest BCUT2D eigenvalue weighted by Gasteiger charge is -2.17. The van der Waals surface area contributed by atoms with E-state index in [0.717, 1.165) is 39.5 Å². The second kappa shape index (κ2) is 11.4. The van der Waals surface area contributed by atoms with E-state index >= 15 is 0 Å². The van der Waals surface area contributed by atoms with Gasteiger partial charge in [0.1, 0.15) is 5.75 Å². The summed E-state index contributed by atoms with van der Waals surface area (Å²) >= 11 is 0. The highest BCUT2D eigenvalue weighted by molar-refractivity contribution is 5.74. The Morgan fingerprint density at radius 1 is 0.636 bits per heavy atom. The number of ether oxygens (including phenoxy) is 1. The standard InChI is InChI=1S/C26H21O2.ClHO4/c1-27-24-16-14-20(15-17-24)12-13-21-18-25(22-8-4-2-5-9-22)28-26(19-21)23-10-6-3-7-11-23;2-1(3,4)5/h2-19H,1H3;(H,2,3,4,5)/q+1;/p-1. The van der Waals surface area contributed by atoms with Gasteiger partial charge in [-0.1, -0.05) is 60.7 Å². The van der Waals surface area contributed by atoms with Gasteiger partial charge in [-0.05, 0) is 47.5 Å². The molecule has 0 spiro atoms. The second-order valence-corrected chi connectivity index (χ2v) is 7.59. The number of hydrogen-bond acceptors (Lipinski definition) is 5. The van der Waals surface area contributed by atoms with Crippen molar-refractivity contribution >= 4 is 12.2 Å². The Morgan fingerprint density at radius 2 is 1.06 bits per heavy atom. The molecule has 3 aromatic carbocycles. The lowest BCUT2D eigenvalue weighted by molar-refractivity contribution is -2.00. The smallest absolute Gasteiger partial charge is 0.361 e. The summed E-state index contributed by atoms with van der Waals surface area (Å²) in [5, 5.41) is 0. The molecule has 168 valence electrons. The van der Waals surface area contributed by atoms with Crippen molar-refractivity contribution in [1.82, 2.24) is 0 Å². The van der Waals surface area contributed by atoms with E-state index in [-0.39, 0.29) is 0 Å². The van der Waals surface area contributed by atoms with Gasteiger partial charge >= 0.3 is 11.5 Å². The van der Waals surface area contributed by atoms with Crippen LogP contribution in [-0.4, -0.2) is 7.11 Å². The van der Waals surface area contributed by atoms with Crippen LogP contribution in [-0.2, 0) is 0 Å². The van der Waals surface area contributed by atoms with Gasteiger partial charge in [0, 0.05) is 0 Å². The minimum atomic E-state index is -4.94. The molecular weight excluding hydrogens is 444 g/mol. The average Bonchev–Trinajstić information content (AvgIpc) is 2.83. The third-order valence-electron chi connectivity index (χ3n) is 4.52.